The second-order valence-corrected chi connectivity index (χ2v) is 4.10. The average Bonchev–Trinajstić information content (AvgIpc) is 2.81. The van der Waals surface area contributed by atoms with E-state index >= 15 is 0 Å². The van der Waals surface area contributed by atoms with Crippen LogP contribution in [-0.4, -0.2) is 35.1 Å². The molecule has 98 valence electrons. The molecule has 0 radical (unpaired) electrons. The molecule has 0 bridgehead atoms. The Kier molecular flexibility index (Phi) is 3.50. The number of aromatic nitrogens is 2. The van der Waals surface area contributed by atoms with Gasteiger partial charge in [-0.3, -0.25) is 4.79 Å². The summed E-state index contributed by atoms with van der Waals surface area (Å²) < 4.78 is 5.31. The van der Waals surface area contributed by atoms with Crippen molar-refractivity contribution >= 4 is 17.4 Å². The lowest BCUT2D eigenvalue weighted by atomic mass is 10.2. The zero-order chi connectivity index (χ0) is 13.1. The molecule has 1 amide bonds. The molecule has 1 aliphatic rings. The van der Waals surface area contributed by atoms with Gasteiger partial charge >= 0.3 is 0 Å². The molecule has 1 unspecified atom stereocenters. The Bertz CT molecular complexity index is 451. The Hall–Kier alpha value is -2.05. The standard InChI is InChI=1S/C11H17N5O2/c1-2-18-11-8(12)10(14-6-15-11)16-5-3-4-7(16)9(13)17/h6-7H,2-5,12H2,1H3,(H2,13,17). The number of carbonyl (C=O) groups excluding carboxylic acids is 1. The number of primary amides is 1. The topological polar surface area (TPSA) is 107 Å². The number of nitrogen functional groups attached to an aromatic ring is 1. The van der Waals surface area contributed by atoms with Crippen molar-refractivity contribution < 1.29 is 9.53 Å². The number of amides is 1. The van der Waals surface area contributed by atoms with Crippen LogP contribution in [0.5, 0.6) is 5.88 Å². The monoisotopic (exact) mass is 251 g/mol. The van der Waals surface area contributed by atoms with E-state index in [1.807, 2.05) is 11.8 Å². The Morgan fingerprint density at radius 1 is 1.61 bits per heavy atom. The van der Waals surface area contributed by atoms with Crippen molar-refractivity contribution in [1.82, 2.24) is 9.97 Å². The molecule has 0 saturated carbocycles. The fourth-order valence-corrected chi connectivity index (χ4v) is 2.17. The van der Waals surface area contributed by atoms with Crippen LogP contribution in [0.1, 0.15) is 19.8 Å². The highest BCUT2D eigenvalue weighted by Crippen LogP contribution is 2.32. The molecule has 4 N–H and O–H groups in total. The SMILES string of the molecule is CCOc1ncnc(N2CCCC2C(N)=O)c1N. The van der Waals surface area contributed by atoms with Crippen molar-refractivity contribution in [3.63, 3.8) is 0 Å². The summed E-state index contributed by atoms with van der Waals surface area (Å²) in [6.45, 7) is 3.03. The number of rotatable bonds is 4. The van der Waals surface area contributed by atoms with E-state index in [0.717, 1.165) is 12.8 Å². The normalized spacial score (nSPS) is 18.9. The third-order valence-corrected chi connectivity index (χ3v) is 2.96. The van der Waals surface area contributed by atoms with Crippen LogP contribution in [-0.2, 0) is 4.79 Å². The average molecular weight is 251 g/mol. The van der Waals surface area contributed by atoms with E-state index < -0.39 is 0 Å². The molecule has 1 aliphatic heterocycles. The van der Waals surface area contributed by atoms with Crippen molar-refractivity contribution in [2.75, 3.05) is 23.8 Å². The minimum absolute atomic E-state index is 0.345. The van der Waals surface area contributed by atoms with E-state index in [9.17, 15) is 4.79 Å². The zero-order valence-corrected chi connectivity index (χ0v) is 10.3. The smallest absolute Gasteiger partial charge is 0.242 e. The molecule has 7 heteroatoms. The van der Waals surface area contributed by atoms with Gasteiger partial charge in [-0.1, -0.05) is 0 Å². The molecular formula is C11H17N5O2. The van der Waals surface area contributed by atoms with Crippen LogP contribution in [0.2, 0.25) is 0 Å². The number of anilines is 2. The first-order valence-electron chi connectivity index (χ1n) is 5.94. The third-order valence-electron chi connectivity index (χ3n) is 2.96. The molecule has 1 saturated heterocycles. The maximum Gasteiger partial charge on any atom is 0.242 e. The van der Waals surface area contributed by atoms with Gasteiger partial charge in [0.15, 0.2) is 5.82 Å². The summed E-state index contributed by atoms with van der Waals surface area (Å²) in [6, 6.07) is -0.350. The summed E-state index contributed by atoms with van der Waals surface area (Å²) in [6.07, 6.45) is 3.00. The first-order valence-corrected chi connectivity index (χ1v) is 5.94. The van der Waals surface area contributed by atoms with Crippen LogP contribution in [0.3, 0.4) is 0 Å². The van der Waals surface area contributed by atoms with Gasteiger partial charge in [0, 0.05) is 6.54 Å². The lowest BCUT2D eigenvalue weighted by Crippen LogP contribution is -2.41. The maximum atomic E-state index is 11.4. The molecule has 18 heavy (non-hydrogen) atoms. The van der Waals surface area contributed by atoms with Crippen molar-refractivity contribution in [2.24, 2.45) is 5.73 Å². The van der Waals surface area contributed by atoms with Crippen LogP contribution in [0.4, 0.5) is 11.5 Å². The summed E-state index contributed by atoms with van der Waals surface area (Å²) in [7, 11) is 0. The van der Waals surface area contributed by atoms with Gasteiger partial charge < -0.3 is 21.1 Å². The fourth-order valence-electron chi connectivity index (χ4n) is 2.17. The molecule has 2 rings (SSSR count). The van der Waals surface area contributed by atoms with Gasteiger partial charge in [-0.2, -0.15) is 4.98 Å². The third kappa shape index (κ3) is 2.15. The van der Waals surface area contributed by atoms with E-state index in [-0.39, 0.29) is 11.9 Å². The quantitative estimate of drug-likeness (QED) is 0.774. The summed E-state index contributed by atoms with van der Waals surface area (Å²) >= 11 is 0. The van der Waals surface area contributed by atoms with E-state index in [2.05, 4.69) is 9.97 Å². The lowest BCUT2D eigenvalue weighted by Gasteiger charge is -2.24. The van der Waals surface area contributed by atoms with Gasteiger partial charge in [-0.25, -0.2) is 4.98 Å². The molecular weight excluding hydrogens is 234 g/mol. The molecule has 2 heterocycles. The number of ether oxygens (including phenoxy) is 1. The minimum atomic E-state index is -0.358. The lowest BCUT2D eigenvalue weighted by molar-refractivity contribution is -0.119. The van der Waals surface area contributed by atoms with Gasteiger partial charge in [-0.05, 0) is 19.8 Å². The van der Waals surface area contributed by atoms with Crippen molar-refractivity contribution in [3.8, 4) is 5.88 Å². The molecule has 1 fully saturated rings. The van der Waals surface area contributed by atoms with Crippen LogP contribution in [0.15, 0.2) is 6.33 Å². The summed E-state index contributed by atoms with van der Waals surface area (Å²) in [5.74, 6) is 0.510. The molecule has 1 atom stereocenters. The molecule has 0 spiro atoms. The number of nitrogens with zero attached hydrogens (tertiary/aromatic N) is 3. The van der Waals surface area contributed by atoms with Crippen LogP contribution >= 0.6 is 0 Å². The van der Waals surface area contributed by atoms with Crippen molar-refractivity contribution in [3.05, 3.63) is 6.33 Å². The highest BCUT2D eigenvalue weighted by atomic mass is 16.5. The molecule has 1 aromatic heterocycles. The van der Waals surface area contributed by atoms with Crippen LogP contribution in [0, 0.1) is 0 Å². The Labute approximate surface area is 105 Å². The van der Waals surface area contributed by atoms with Gasteiger partial charge in [0.25, 0.3) is 0 Å². The minimum Gasteiger partial charge on any atom is -0.476 e. The Morgan fingerprint density at radius 3 is 3.06 bits per heavy atom. The van der Waals surface area contributed by atoms with Gasteiger partial charge in [0.2, 0.25) is 11.8 Å². The molecule has 0 aliphatic carbocycles. The van der Waals surface area contributed by atoms with E-state index in [0.29, 0.717) is 30.5 Å². The second-order valence-electron chi connectivity index (χ2n) is 4.10. The van der Waals surface area contributed by atoms with Crippen LogP contribution in [0.25, 0.3) is 0 Å². The number of hydrogen-bond donors (Lipinski definition) is 2. The summed E-state index contributed by atoms with van der Waals surface area (Å²) in [5, 5.41) is 0. The Balaban J connectivity index is 2.32. The van der Waals surface area contributed by atoms with Gasteiger partial charge in [0.05, 0.1) is 6.61 Å². The van der Waals surface area contributed by atoms with Crippen LogP contribution < -0.4 is 21.1 Å². The summed E-state index contributed by atoms with van der Waals surface area (Å²) in [4.78, 5) is 21.3. The predicted molar refractivity (Wildman–Crippen MR) is 67.2 cm³/mol. The first-order chi connectivity index (χ1) is 8.65. The number of nitrogens with two attached hydrogens (primary N) is 2. The first kappa shape index (κ1) is 12.4. The van der Waals surface area contributed by atoms with Gasteiger partial charge in [-0.15, -0.1) is 0 Å². The molecule has 0 aromatic carbocycles. The number of hydrogen-bond acceptors (Lipinski definition) is 6. The Morgan fingerprint density at radius 2 is 2.39 bits per heavy atom. The molecule has 1 aromatic rings. The maximum absolute atomic E-state index is 11.4. The van der Waals surface area contributed by atoms with Crippen molar-refractivity contribution in [2.45, 2.75) is 25.8 Å². The number of carbonyl (C=O) groups is 1. The summed E-state index contributed by atoms with van der Waals surface area (Å²) in [5.41, 5.74) is 11.7. The second kappa shape index (κ2) is 5.07. The molecule has 7 nitrogen and oxygen atoms in total. The predicted octanol–water partition coefficient (Wildman–Crippen LogP) is -0.0884. The highest BCUT2D eigenvalue weighted by molar-refractivity contribution is 5.85. The van der Waals surface area contributed by atoms with E-state index in [1.54, 1.807) is 0 Å². The van der Waals surface area contributed by atoms with Crippen molar-refractivity contribution in [1.29, 1.82) is 0 Å². The highest BCUT2D eigenvalue weighted by Gasteiger charge is 2.31. The zero-order valence-electron chi connectivity index (χ0n) is 10.3. The fraction of sp³-hybridized carbons (Fsp3) is 0.545. The van der Waals surface area contributed by atoms with E-state index in [4.69, 9.17) is 16.2 Å². The van der Waals surface area contributed by atoms with Gasteiger partial charge in [0.1, 0.15) is 18.1 Å². The van der Waals surface area contributed by atoms with E-state index in [1.165, 1.54) is 6.33 Å². The largest absolute Gasteiger partial charge is 0.476 e.